The van der Waals surface area contributed by atoms with Crippen LogP contribution in [0.1, 0.15) is 13.3 Å². The molecule has 0 aliphatic heterocycles. The highest BCUT2D eigenvalue weighted by Gasteiger charge is 2.11. The molecule has 0 saturated carbocycles. The lowest BCUT2D eigenvalue weighted by molar-refractivity contribution is 0.0572. The summed E-state index contributed by atoms with van der Waals surface area (Å²) in [4.78, 5) is 6.50. The van der Waals surface area contributed by atoms with Crippen molar-refractivity contribution in [3.8, 4) is 5.88 Å². The zero-order valence-electron chi connectivity index (χ0n) is 10.5. The summed E-state index contributed by atoms with van der Waals surface area (Å²) in [5.74, 6) is 0.629. The first kappa shape index (κ1) is 11.9. The van der Waals surface area contributed by atoms with Gasteiger partial charge in [-0.25, -0.2) is 4.98 Å². The van der Waals surface area contributed by atoms with E-state index < -0.39 is 0 Å². The Morgan fingerprint density at radius 2 is 2.12 bits per heavy atom. The molecule has 0 aliphatic carbocycles. The van der Waals surface area contributed by atoms with E-state index in [0.29, 0.717) is 5.88 Å². The maximum atomic E-state index is 5.82. The normalized spacial score (nSPS) is 12.9. The van der Waals surface area contributed by atoms with Crippen molar-refractivity contribution in [1.82, 2.24) is 9.88 Å². The molecular weight excluding hydrogens is 212 g/mol. The Hall–Kier alpha value is -1.61. The van der Waals surface area contributed by atoms with E-state index in [1.807, 2.05) is 43.3 Å². The van der Waals surface area contributed by atoms with E-state index in [9.17, 15) is 0 Å². The number of fused-ring (bicyclic) bond motifs is 1. The SMILES string of the molecule is CCC(Oc1c[c]c2ccccc2n1)N(C)C. The Kier molecular flexibility index (Phi) is 3.59. The minimum absolute atomic E-state index is 0.0528. The third-order valence-corrected chi connectivity index (χ3v) is 2.67. The highest BCUT2D eigenvalue weighted by atomic mass is 16.5. The minimum atomic E-state index is 0.0528. The molecule has 2 rings (SSSR count). The molecule has 1 heterocycles. The quantitative estimate of drug-likeness (QED) is 0.754. The van der Waals surface area contributed by atoms with Crippen LogP contribution in [0.15, 0.2) is 30.3 Å². The molecule has 89 valence electrons. The van der Waals surface area contributed by atoms with E-state index >= 15 is 0 Å². The standard InChI is InChI=1S/C14H17N2O/c1-4-14(16(2)3)17-13-10-9-11-7-5-6-8-12(11)15-13/h5-8,10,14H,4H2,1-3H3. The number of ether oxygens (including phenoxy) is 1. The van der Waals surface area contributed by atoms with Crippen LogP contribution in [0.5, 0.6) is 5.88 Å². The predicted octanol–water partition coefficient (Wildman–Crippen LogP) is 2.71. The van der Waals surface area contributed by atoms with Gasteiger partial charge in [-0.1, -0.05) is 25.1 Å². The molecule has 0 aliphatic rings. The molecule has 1 unspecified atom stereocenters. The molecule has 3 nitrogen and oxygen atoms in total. The zero-order valence-corrected chi connectivity index (χ0v) is 10.5. The fourth-order valence-corrected chi connectivity index (χ4v) is 1.74. The van der Waals surface area contributed by atoms with Gasteiger partial charge in [-0.05, 0) is 32.6 Å². The topological polar surface area (TPSA) is 25.4 Å². The molecule has 0 amide bonds. The van der Waals surface area contributed by atoms with Gasteiger partial charge in [-0.15, -0.1) is 0 Å². The lowest BCUT2D eigenvalue weighted by atomic mass is 10.2. The van der Waals surface area contributed by atoms with Gasteiger partial charge < -0.3 is 4.74 Å². The van der Waals surface area contributed by atoms with Crippen molar-refractivity contribution in [3.63, 3.8) is 0 Å². The zero-order chi connectivity index (χ0) is 12.3. The molecule has 17 heavy (non-hydrogen) atoms. The molecule has 0 fully saturated rings. The third kappa shape index (κ3) is 2.74. The minimum Gasteiger partial charge on any atom is -0.458 e. The van der Waals surface area contributed by atoms with Crippen molar-refractivity contribution >= 4 is 10.9 Å². The van der Waals surface area contributed by atoms with E-state index in [0.717, 1.165) is 17.3 Å². The molecule has 0 bridgehead atoms. The Morgan fingerprint density at radius 1 is 1.35 bits per heavy atom. The van der Waals surface area contributed by atoms with Gasteiger partial charge in [0.15, 0.2) is 6.23 Å². The monoisotopic (exact) mass is 229 g/mol. The van der Waals surface area contributed by atoms with Crippen LogP contribution < -0.4 is 4.74 Å². The van der Waals surface area contributed by atoms with Crippen LogP contribution in [0, 0.1) is 6.07 Å². The van der Waals surface area contributed by atoms with E-state index in [2.05, 4.69) is 18.0 Å². The first-order chi connectivity index (χ1) is 8.20. The Balaban J connectivity index is 2.24. The van der Waals surface area contributed by atoms with Gasteiger partial charge in [0.2, 0.25) is 5.88 Å². The molecule has 3 heteroatoms. The van der Waals surface area contributed by atoms with Crippen LogP contribution in [-0.4, -0.2) is 30.2 Å². The number of pyridine rings is 1. The van der Waals surface area contributed by atoms with Crippen molar-refractivity contribution < 1.29 is 4.74 Å². The molecular formula is C14H17N2O. The van der Waals surface area contributed by atoms with Gasteiger partial charge >= 0.3 is 0 Å². The number of aromatic nitrogens is 1. The van der Waals surface area contributed by atoms with Crippen molar-refractivity contribution in [2.45, 2.75) is 19.6 Å². The fraction of sp³-hybridized carbons (Fsp3) is 0.357. The summed E-state index contributed by atoms with van der Waals surface area (Å²) in [7, 11) is 4.00. The Morgan fingerprint density at radius 3 is 2.82 bits per heavy atom. The number of nitrogens with zero attached hydrogens (tertiary/aromatic N) is 2. The predicted molar refractivity (Wildman–Crippen MR) is 69.0 cm³/mol. The highest BCUT2D eigenvalue weighted by molar-refractivity contribution is 5.78. The van der Waals surface area contributed by atoms with Crippen molar-refractivity contribution in [1.29, 1.82) is 0 Å². The van der Waals surface area contributed by atoms with E-state index in [1.165, 1.54) is 0 Å². The number of para-hydroxylation sites is 1. The summed E-state index contributed by atoms with van der Waals surface area (Å²) in [6, 6.07) is 12.9. The summed E-state index contributed by atoms with van der Waals surface area (Å²) in [6.45, 7) is 2.09. The van der Waals surface area contributed by atoms with Gasteiger partial charge in [0.1, 0.15) is 0 Å². The van der Waals surface area contributed by atoms with Crippen molar-refractivity contribution in [2.24, 2.45) is 0 Å². The van der Waals surface area contributed by atoms with Crippen LogP contribution in [0.2, 0.25) is 0 Å². The smallest absolute Gasteiger partial charge is 0.216 e. The van der Waals surface area contributed by atoms with Gasteiger partial charge in [0.25, 0.3) is 0 Å². The van der Waals surface area contributed by atoms with Crippen LogP contribution in [0.3, 0.4) is 0 Å². The number of rotatable bonds is 4. The Labute approximate surface area is 102 Å². The average molecular weight is 229 g/mol. The lowest BCUT2D eigenvalue weighted by Crippen LogP contribution is -2.32. The summed E-state index contributed by atoms with van der Waals surface area (Å²) < 4.78 is 5.82. The second kappa shape index (κ2) is 5.15. The molecule has 1 radical (unpaired) electrons. The number of hydrogen-bond donors (Lipinski definition) is 0. The van der Waals surface area contributed by atoms with Crippen LogP contribution >= 0.6 is 0 Å². The summed E-state index contributed by atoms with van der Waals surface area (Å²) in [5, 5.41) is 1.01. The van der Waals surface area contributed by atoms with Gasteiger partial charge in [0, 0.05) is 11.5 Å². The molecule has 0 N–H and O–H groups in total. The van der Waals surface area contributed by atoms with E-state index in [-0.39, 0.29) is 6.23 Å². The lowest BCUT2D eigenvalue weighted by Gasteiger charge is -2.23. The second-order valence-electron chi connectivity index (χ2n) is 4.20. The molecule has 0 saturated heterocycles. The maximum absolute atomic E-state index is 5.82. The van der Waals surface area contributed by atoms with Gasteiger partial charge in [0.05, 0.1) is 5.52 Å². The van der Waals surface area contributed by atoms with Crippen molar-refractivity contribution in [3.05, 3.63) is 36.4 Å². The van der Waals surface area contributed by atoms with E-state index in [4.69, 9.17) is 4.74 Å². The van der Waals surface area contributed by atoms with Gasteiger partial charge in [-0.3, -0.25) is 4.90 Å². The third-order valence-electron chi connectivity index (χ3n) is 2.67. The molecule has 1 aromatic heterocycles. The van der Waals surface area contributed by atoms with Crippen LogP contribution in [0.25, 0.3) is 10.9 Å². The van der Waals surface area contributed by atoms with Gasteiger partial charge in [-0.2, -0.15) is 0 Å². The molecule has 1 atom stereocenters. The Bertz CT molecular complexity index is 496. The first-order valence-corrected chi connectivity index (χ1v) is 5.81. The van der Waals surface area contributed by atoms with E-state index in [1.54, 1.807) is 6.07 Å². The summed E-state index contributed by atoms with van der Waals surface area (Å²) >= 11 is 0. The summed E-state index contributed by atoms with van der Waals surface area (Å²) in [5.41, 5.74) is 0.915. The second-order valence-corrected chi connectivity index (χ2v) is 4.20. The molecule has 2 aromatic rings. The number of hydrogen-bond acceptors (Lipinski definition) is 3. The maximum Gasteiger partial charge on any atom is 0.216 e. The largest absolute Gasteiger partial charge is 0.458 e. The molecule has 0 spiro atoms. The summed E-state index contributed by atoms with van der Waals surface area (Å²) in [6.07, 6.45) is 0.971. The average Bonchev–Trinajstić information content (AvgIpc) is 2.35. The van der Waals surface area contributed by atoms with Crippen molar-refractivity contribution in [2.75, 3.05) is 14.1 Å². The fourth-order valence-electron chi connectivity index (χ4n) is 1.74. The van der Waals surface area contributed by atoms with Crippen LogP contribution in [-0.2, 0) is 0 Å². The molecule has 1 aromatic carbocycles. The number of benzene rings is 1. The highest BCUT2D eigenvalue weighted by Crippen LogP contribution is 2.17. The first-order valence-electron chi connectivity index (χ1n) is 5.81. The van der Waals surface area contributed by atoms with Crippen LogP contribution in [0.4, 0.5) is 0 Å².